The Kier molecular flexibility index (Phi) is 3.23. The molecule has 1 rings (SSSR count). The van der Waals surface area contributed by atoms with Crippen molar-refractivity contribution in [3.63, 3.8) is 0 Å². The summed E-state index contributed by atoms with van der Waals surface area (Å²) < 4.78 is 4.43. The summed E-state index contributed by atoms with van der Waals surface area (Å²) in [6, 6.07) is 0. The molecule has 0 aromatic rings. The number of hydrogen-bond donors (Lipinski definition) is 0. The zero-order valence-electron chi connectivity index (χ0n) is 8.50. The van der Waals surface area contributed by atoms with E-state index >= 15 is 0 Å². The van der Waals surface area contributed by atoms with Crippen LogP contribution in [-0.2, 0) is 14.3 Å². The maximum Gasteiger partial charge on any atom is 0.321 e. The second-order valence-corrected chi connectivity index (χ2v) is 3.75. The minimum atomic E-state index is -0.434. The van der Waals surface area contributed by atoms with Gasteiger partial charge in [0.2, 0.25) is 0 Å². The van der Waals surface area contributed by atoms with Crippen molar-refractivity contribution in [2.24, 2.45) is 5.92 Å². The van der Waals surface area contributed by atoms with E-state index in [2.05, 4.69) is 11.3 Å². The average Bonchev–Trinajstić information content (AvgIpc) is 2.28. The first-order chi connectivity index (χ1) is 6.49. The van der Waals surface area contributed by atoms with Crippen LogP contribution in [0.25, 0.3) is 0 Å². The first-order valence-electron chi connectivity index (χ1n) is 4.55. The molecule has 0 amide bonds. The van der Waals surface area contributed by atoms with Crippen molar-refractivity contribution in [2.45, 2.75) is 26.7 Å². The Morgan fingerprint density at radius 3 is 2.64 bits per heavy atom. The van der Waals surface area contributed by atoms with Gasteiger partial charge in [-0.3, -0.25) is 9.59 Å². The molecule has 0 aromatic heterocycles. The fourth-order valence-electron chi connectivity index (χ4n) is 1.50. The summed E-state index contributed by atoms with van der Waals surface area (Å²) in [7, 11) is 0. The Labute approximate surface area is 83.4 Å². The molecule has 76 valence electrons. The standard InChI is InChI=1S/C11H14O3/c1-7(2)4-8(3)5-9-6-10(12)14-11(9)13/h5,9H,1,4,6H2,2-3H3/b8-5+. The van der Waals surface area contributed by atoms with E-state index < -0.39 is 11.9 Å². The van der Waals surface area contributed by atoms with Gasteiger partial charge in [0, 0.05) is 0 Å². The summed E-state index contributed by atoms with van der Waals surface area (Å²) in [5, 5.41) is 0. The van der Waals surface area contributed by atoms with Gasteiger partial charge in [0.05, 0.1) is 12.3 Å². The molecule has 0 N–H and O–H groups in total. The first-order valence-corrected chi connectivity index (χ1v) is 4.55. The smallest absolute Gasteiger partial charge is 0.321 e. The summed E-state index contributed by atoms with van der Waals surface area (Å²) in [5.41, 5.74) is 2.09. The molecule has 1 unspecified atom stereocenters. The van der Waals surface area contributed by atoms with E-state index in [0.29, 0.717) is 0 Å². The molecule has 0 saturated carbocycles. The average molecular weight is 194 g/mol. The predicted molar refractivity (Wildman–Crippen MR) is 52.4 cm³/mol. The number of rotatable bonds is 3. The molecule has 0 aromatic carbocycles. The van der Waals surface area contributed by atoms with Crippen LogP contribution >= 0.6 is 0 Å². The number of carbonyl (C=O) groups is 2. The number of hydrogen-bond acceptors (Lipinski definition) is 3. The molecule has 0 spiro atoms. The minimum Gasteiger partial charge on any atom is -0.393 e. The Hall–Kier alpha value is -1.38. The van der Waals surface area contributed by atoms with Crippen molar-refractivity contribution in [1.29, 1.82) is 0 Å². The number of ether oxygens (including phenoxy) is 1. The molecule has 1 aliphatic rings. The molecule has 0 bridgehead atoms. The number of esters is 2. The molecule has 1 saturated heterocycles. The third-order valence-corrected chi connectivity index (χ3v) is 1.97. The molecule has 0 radical (unpaired) electrons. The van der Waals surface area contributed by atoms with Crippen molar-refractivity contribution in [3.8, 4) is 0 Å². The number of allylic oxidation sites excluding steroid dienone is 2. The van der Waals surface area contributed by atoms with E-state index in [0.717, 1.165) is 17.6 Å². The van der Waals surface area contributed by atoms with E-state index in [1.54, 1.807) is 6.08 Å². The lowest BCUT2D eigenvalue weighted by atomic mass is 10.0. The van der Waals surface area contributed by atoms with Crippen molar-refractivity contribution in [1.82, 2.24) is 0 Å². The van der Waals surface area contributed by atoms with Gasteiger partial charge in [-0.1, -0.05) is 23.8 Å². The highest BCUT2D eigenvalue weighted by atomic mass is 16.6. The summed E-state index contributed by atoms with van der Waals surface area (Å²) in [6.45, 7) is 7.63. The van der Waals surface area contributed by atoms with E-state index in [1.165, 1.54) is 0 Å². The largest absolute Gasteiger partial charge is 0.393 e. The van der Waals surface area contributed by atoms with Gasteiger partial charge in [0.15, 0.2) is 0 Å². The molecule has 1 atom stereocenters. The quantitative estimate of drug-likeness (QED) is 0.392. The lowest BCUT2D eigenvalue weighted by Crippen LogP contribution is -2.04. The van der Waals surface area contributed by atoms with Crippen LogP contribution in [0.5, 0.6) is 0 Å². The second kappa shape index (κ2) is 4.22. The number of carbonyl (C=O) groups excluding carboxylic acids is 2. The van der Waals surface area contributed by atoms with E-state index in [9.17, 15) is 9.59 Å². The topological polar surface area (TPSA) is 43.4 Å². The SMILES string of the molecule is C=C(C)C/C(C)=C/C1CC(=O)OC1=O. The highest BCUT2D eigenvalue weighted by Gasteiger charge is 2.31. The molecule has 1 aliphatic heterocycles. The van der Waals surface area contributed by atoms with Gasteiger partial charge < -0.3 is 4.74 Å². The summed E-state index contributed by atoms with van der Waals surface area (Å²) in [4.78, 5) is 21.9. The molecular formula is C11H14O3. The van der Waals surface area contributed by atoms with Gasteiger partial charge in [-0.25, -0.2) is 0 Å². The van der Waals surface area contributed by atoms with Crippen LogP contribution in [0.15, 0.2) is 23.8 Å². The minimum absolute atomic E-state index is 0.173. The van der Waals surface area contributed by atoms with Crippen LogP contribution in [0.2, 0.25) is 0 Å². The fraction of sp³-hybridized carbons (Fsp3) is 0.455. The Morgan fingerprint density at radius 2 is 2.21 bits per heavy atom. The third kappa shape index (κ3) is 2.83. The van der Waals surface area contributed by atoms with Crippen molar-refractivity contribution < 1.29 is 14.3 Å². The van der Waals surface area contributed by atoms with Crippen molar-refractivity contribution >= 4 is 11.9 Å². The second-order valence-electron chi connectivity index (χ2n) is 3.75. The fourth-order valence-corrected chi connectivity index (χ4v) is 1.50. The molecule has 0 aliphatic carbocycles. The van der Waals surface area contributed by atoms with Crippen LogP contribution in [0.3, 0.4) is 0 Å². The van der Waals surface area contributed by atoms with Gasteiger partial charge in [0.1, 0.15) is 0 Å². The van der Waals surface area contributed by atoms with Crippen molar-refractivity contribution in [2.75, 3.05) is 0 Å². The maximum atomic E-state index is 11.1. The molecule has 14 heavy (non-hydrogen) atoms. The zero-order valence-corrected chi connectivity index (χ0v) is 8.50. The normalized spacial score (nSPS) is 22.4. The van der Waals surface area contributed by atoms with Crippen LogP contribution in [0, 0.1) is 5.92 Å². The highest BCUT2D eigenvalue weighted by Crippen LogP contribution is 2.20. The zero-order chi connectivity index (χ0) is 10.7. The lowest BCUT2D eigenvalue weighted by Gasteiger charge is -2.02. The van der Waals surface area contributed by atoms with Crippen LogP contribution in [0.1, 0.15) is 26.7 Å². The molecule has 3 heteroatoms. The van der Waals surface area contributed by atoms with Crippen LogP contribution < -0.4 is 0 Å². The lowest BCUT2D eigenvalue weighted by molar-refractivity contribution is -0.152. The summed E-state index contributed by atoms with van der Waals surface area (Å²) in [5.74, 6) is -1.25. The Bertz CT molecular complexity index is 312. The van der Waals surface area contributed by atoms with Gasteiger partial charge in [-0.15, -0.1) is 0 Å². The third-order valence-electron chi connectivity index (χ3n) is 1.97. The van der Waals surface area contributed by atoms with Crippen molar-refractivity contribution in [3.05, 3.63) is 23.8 Å². The molecule has 1 fully saturated rings. The predicted octanol–water partition coefficient (Wildman–Crippen LogP) is 1.99. The maximum absolute atomic E-state index is 11.1. The molecule has 1 heterocycles. The van der Waals surface area contributed by atoms with E-state index in [-0.39, 0.29) is 12.3 Å². The molecular weight excluding hydrogens is 180 g/mol. The number of cyclic esters (lactones) is 2. The van der Waals surface area contributed by atoms with Gasteiger partial charge in [0.25, 0.3) is 0 Å². The summed E-state index contributed by atoms with van der Waals surface area (Å²) >= 11 is 0. The van der Waals surface area contributed by atoms with E-state index in [1.807, 2.05) is 13.8 Å². The highest BCUT2D eigenvalue weighted by molar-refractivity contribution is 5.95. The van der Waals surface area contributed by atoms with Crippen LogP contribution in [0.4, 0.5) is 0 Å². The first kappa shape index (κ1) is 10.7. The Morgan fingerprint density at radius 1 is 1.57 bits per heavy atom. The monoisotopic (exact) mass is 194 g/mol. The Balaban J connectivity index is 2.62. The summed E-state index contributed by atoms with van der Waals surface area (Å²) in [6.07, 6.45) is 2.73. The van der Waals surface area contributed by atoms with Gasteiger partial charge in [-0.05, 0) is 20.3 Å². The van der Waals surface area contributed by atoms with Gasteiger partial charge >= 0.3 is 11.9 Å². The van der Waals surface area contributed by atoms with Gasteiger partial charge in [-0.2, -0.15) is 0 Å². The molecule has 3 nitrogen and oxygen atoms in total. The van der Waals surface area contributed by atoms with Crippen LogP contribution in [-0.4, -0.2) is 11.9 Å². The van der Waals surface area contributed by atoms with E-state index in [4.69, 9.17) is 0 Å².